The molecule has 1 aromatic carbocycles. The number of hydrogen-bond acceptors (Lipinski definition) is 5. The van der Waals surface area contributed by atoms with Gasteiger partial charge in [-0.05, 0) is 31.2 Å². The molecule has 118 valence electrons. The molecule has 1 aromatic heterocycles. The standard InChI is InChI=1S/C16H15N3O4/c1-16(14(20)18-10-5-3-6-11(9-10)22-2)15(21)19-13-12(23-16)7-4-8-17-13/h3-9H,1-2H3,(H,18,20)(H,17,19,21). The van der Waals surface area contributed by atoms with E-state index < -0.39 is 17.4 Å². The van der Waals surface area contributed by atoms with E-state index in [2.05, 4.69) is 15.6 Å². The van der Waals surface area contributed by atoms with Crippen LogP contribution in [0.5, 0.6) is 11.5 Å². The lowest BCUT2D eigenvalue weighted by Gasteiger charge is -2.32. The SMILES string of the molecule is COc1cccc(NC(=O)C2(C)Oc3cccnc3NC2=O)c1. The summed E-state index contributed by atoms with van der Waals surface area (Å²) in [6, 6.07) is 10.1. The third kappa shape index (κ3) is 2.68. The molecule has 0 fully saturated rings. The van der Waals surface area contributed by atoms with Crippen LogP contribution in [-0.2, 0) is 9.59 Å². The molecule has 3 rings (SSSR count). The van der Waals surface area contributed by atoms with Crippen LogP contribution >= 0.6 is 0 Å². The van der Waals surface area contributed by atoms with Gasteiger partial charge < -0.3 is 20.1 Å². The summed E-state index contributed by atoms with van der Waals surface area (Å²) in [7, 11) is 1.53. The number of hydrogen-bond donors (Lipinski definition) is 2. The number of methoxy groups -OCH3 is 1. The Bertz CT molecular complexity index is 777. The number of aromatic nitrogens is 1. The molecule has 1 atom stereocenters. The highest BCUT2D eigenvalue weighted by molar-refractivity contribution is 6.18. The fourth-order valence-electron chi connectivity index (χ4n) is 2.16. The van der Waals surface area contributed by atoms with Crippen LogP contribution in [0.2, 0.25) is 0 Å². The van der Waals surface area contributed by atoms with Crippen molar-refractivity contribution < 1.29 is 19.1 Å². The molecule has 0 spiro atoms. The van der Waals surface area contributed by atoms with E-state index in [-0.39, 0.29) is 0 Å². The normalized spacial score (nSPS) is 19.1. The predicted molar refractivity (Wildman–Crippen MR) is 83.5 cm³/mol. The maximum absolute atomic E-state index is 12.6. The van der Waals surface area contributed by atoms with Crippen molar-refractivity contribution in [3.8, 4) is 11.5 Å². The molecule has 1 aliphatic rings. The molecule has 7 heteroatoms. The zero-order chi connectivity index (χ0) is 16.4. The number of nitrogens with zero attached hydrogens (tertiary/aromatic N) is 1. The van der Waals surface area contributed by atoms with Crippen molar-refractivity contribution in [1.29, 1.82) is 0 Å². The number of carbonyl (C=O) groups is 2. The highest BCUT2D eigenvalue weighted by atomic mass is 16.5. The monoisotopic (exact) mass is 313 g/mol. The van der Waals surface area contributed by atoms with E-state index in [0.29, 0.717) is 23.0 Å². The lowest BCUT2D eigenvalue weighted by molar-refractivity contribution is -0.143. The van der Waals surface area contributed by atoms with Gasteiger partial charge in [-0.2, -0.15) is 0 Å². The number of rotatable bonds is 3. The Labute approximate surface area is 132 Å². The van der Waals surface area contributed by atoms with Gasteiger partial charge in [0.2, 0.25) is 0 Å². The molecule has 2 amide bonds. The first-order valence-corrected chi connectivity index (χ1v) is 6.94. The molecule has 2 heterocycles. The van der Waals surface area contributed by atoms with Gasteiger partial charge in [-0.1, -0.05) is 6.07 Å². The Hall–Kier alpha value is -3.09. The van der Waals surface area contributed by atoms with Crippen LogP contribution in [0.3, 0.4) is 0 Å². The van der Waals surface area contributed by atoms with Crippen molar-refractivity contribution in [3.63, 3.8) is 0 Å². The molecular weight excluding hydrogens is 298 g/mol. The summed E-state index contributed by atoms with van der Waals surface area (Å²) < 4.78 is 10.7. The molecule has 2 N–H and O–H groups in total. The van der Waals surface area contributed by atoms with Gasteiger partial charge in [0.25, 0.3) is 17.4 Å². The molecule has 0 radical (unpaired) electrons. The van der Waals surface area contributed by atoms with E-state index in [1.165, 1.54) is 20.2 Å². The minimum Gasteiger partial charge on any atom is -0.497 e. The van der Waals surface area contributed by atoms with Crippen LogP contribution in [0.1, 0.15) is 6.92 Å². The van der Waals surface area contributed by atoms with Gasteiger partial charge in [0, 0.05) is 18.0 Å². The average molecular weight is 313 g/mol. The zero-order valence-electron chi connectivity index (χ0n) is 12.6. The molecule has 1 unspecified atom stereocenters. The molecule has 1 aliphatic heterocycles. The first-order valence-electron chi connectivity index (χ1n) is 6.94. The maximum Gasteiger partial charge on any atom is 0.279 e. The number of pyridine rings is 1. The van der Waals surface area contributed by atoms with E-state index in [0.717, 1.165) is 0 Å². The summed E-state index contributed by atoms with van der Waals surface area (Å²) in [4.78, 5) is 28.8. The predicted octanol–water partition coefficient (Wildman–Crippen LogP) is 1.82. The zero-order valence-corrected chi connectivity index (χ0v) is 12.6. The third-order valence-electron chi connectivity index (χ3n) is 3.51. The van der Waals surface area contributed by atoms with Crippen LogP contribution in [0, 0.1) is 0 Å². The Balaban J connectivity index is 1.85. The minimum absolute atomic E-state index is 0.296. The lowest BCUT2D eigenvalue weighted by Crippen LogP contribution is -2.56. The van der Waals surface area contributed by atoms with Crippen molar-refractivity contribution in [2.45, 2.75) is 12.5 Å². The second kappa shape index (κ2) is 5.60. The first-order chi connectivity index (χ1) is 11.0. The number of amides is 2. The fraction of sp³-hybridized carbons (Fsp3) is 0.188. The second-order valence-corrected chi connectivity index (χ2v) is 5.13. The van der Waals surface area contributed by atoms with Gasteiger partial charge in [0.15, 0.2) is 11.6 Å². The smallest absolute Gasteiger partial charge is 0.279 e. The molecule has 0 saturated heterocycles. The molecular formula is C16H15N3O4. The van der Waals surface area contributed by atoms with Crippen LogP contribution in [-0.4, -0.2) is 29.5 Å². The average Bonchev–Trinajstić information content (AvgIpc) is 2.56. The first kappa shape index (κ1) is 14.8. The number of ether oxygens (including phenoxy) is 2. The van der Waals surface area contributed by atoms with Gasteiger partial charge in [-0.25, -0.2) is 4.98 Å². The van der Waals surface area contributed by atoms with Gasteiger partial charge in [0.1, 0.15) is 5.75 Å². The molecule has 0 aliphatic carbocycles. The van der Waals surface area contributed by atoms with Crippen LogP contribution in [0.15, 0.2) is 42.6 Å². The maximum atomic E-state index is 12.6. The van der Waals surface area contributed by atoms with Crippen molar-refractivity contribution >= 4 is 23.3 Å². The van der Waals surface area contributed by atoms with E-state index in [9.17, 15) is 9.59 Å². The van der Waals surface area contributed by atoms with E-state index in [1.54, 1.807) is 36.4 Å². The van der Waals surface area contributed by atoms with Crippen molar-refractivity contribution in [1.82, 2.24) is 4.98 Å². The molecule has 0 bridgehead atoms. The highest BCUT2D eigenvalue weighted by Gasteiger charge is 2.47. The van der Waals surface area contributed by atoms with E-state index >= 15 is 0 Å². The van der Waals surface area contributed by atoms with Crippen LogP contribution in [0.4, 0.5) is 11.5 Å². The van der Waals surface area contributed by atoms with Crippen molar-refractivity contribution in [3.05, 3.63) is 42.6 Å². The lowest BCUT2D eigenvalue weighted by atomic mass is 10.0. The number of carbonyl (C=O) groups excluding carboxylic acids is 2. The Morgan fingerprint density at radius 3 is 2.96 bits per heavy atom. The second-order valence-electron chi connectivity index (χ2n) is 5.13. The van der Waals surface area contributed by atoms with Crippen LogP contribution < -0.4 is 20.1 Å². The summed E-state index contributed by atoms with van der Waals surface area (Å²) in [6.45, 7) is 1.41. The Morgan fingerprint density at radius 2 is 2.17 bits per heavy atom. The quantitative estimate of drug-likeness (QED) is 0.844. The van der Waals surface area contributed by atoms with E-state index in [4.69, 9.17) is 9.47 Å². The molecule has 23 heavy (non-hydrogen) atoms. The summed E-state index contributed by atoms with van der Waals surface area (Å²) in [5.74, 6) is 0.0675. The third-order valence-corrected chi connectivity index (χ3v) is 3.51. The number of nitrogens with one attached hydrogen (secondary N) is 2. The van der Waals surface area contributed by atoms with Crippen LogP contribution in [0.25, 0.3) is 0 Å². The van der Waals surface area contributed by atoms with Gasteiger partial charge in [-0.15, -0.1) is 0 Å². The van der Waals surface area contributed by atoms with Crippen molar-refractivity contribution in [2.75, 3.05) is 17.7 Å². The topological polar surface area (TPSA) is 89.6 Å². The molecule has 2 aromatic rings. The highest BCUT2D eigenvalue weighted by Crippen LogP contribution is 2.32. The Morgan fingerprint density at radius 1 is 1.35 bits per heavy atom. The van der Waals surface area contributed by atoms with Gasteiger partial charge in [0.05, 0.1) is 7.11 Å². The molecule has 7 nitrogen and oxygen atoms in total. The molecule has 0 saturated carbocycles. The van der Waals surface area contributed by atoms with Crippen molar-refractivity contribution in [2.24, 2.45) is 0 Å². The van der Waals surface area contributed by atoms with E-state index in [1.807, 2.05) is 0 Å². The summed E-state index contributed by atoms with van der Waals surface area (Å²) in [6.07, 6.45) is 1.53. The fourth-order valence-corrected chi connectivity index (χ4v) is 2.16. The Kier molecular flexibility index (Phi) is 3.61. The van der Waals surface area contributed by atoms with Gasteiger partial charge in [-0.3, -0.25) is 9.59 Å². The summed E-state index contributed by atoms with van der Waals surface area (Å²) in [5.41, 5.74) is -1.19. The summed E-state index contributed by atoms with van der Waals surface area (Å²) in [5, 5.41) is 5.24. The number of anilines is 2. The largest absolute Gasteiger partial charge is 0.497 e. The minimum atomic E-state index is -1.70. The number of benzene rings is 1. The van der Waals surface area contributed by atoms with Gasteiger partial charge >= 0.3 is 0 Å². The number of fused-ring (bicyclic) bond motifs is 1. The summed E-state index contributed by atoms with van der Waals surface area (Å²) >= 11 is 0.